The Morgan fingerprint density at radius 2 is 1.81 bits per heavy atom. The summed E-state index contributed by atoms with van der Waals surface area (Å²) in [6, 6.07) is 2.45. The molecule has 0 radical (unpaired) electrons. The van der Waals surface area contributed by atoms with E-state index in [1.54, 1.807) is 0 Å². The smallest absolute Gasteiger partial charge is 0.0841 e. The van der Waals surface area contributed by atoms with E-state index < -0.39 is 0 Å². The minimum atomic E-state index is -0.0729. The molecular formula is C14H23NO. The first-order valence-corrected chi connectivity index (χ1v) is 6.51. The quantitative estimate of drug-likeness (QED) is 0.627. The van der Waals surface area contributed by atoms with Crippen molar-refractivity contribution in [3.63, 3.8) is 0 Å². The van der Waals surface area contributed by atoms with Gasteiger partial charge in [-0.15, -0.1) is 0 Å². The molecular weight excluding hydrogens is 198 g/mol. The van der Waals surface area contributed by atoms with Crippen LogP contribution in [-0.2, 0) is 4.74 Å². The average Bonchev–Trinajstić information content (AvgIpc) is 2.60. The predicted molar refractivity (Wildman–Crippen MR) is 63.8 cm³/mol. The van der Waals surface area contributed by atoms with Gasteiger partial charge in [0.15, 0.2) is 0 Å². The summed E-state index contributed by atoms with van der Waals surface area (Å²) >= 11 is 0. The molecule has 0 aromatic rings. The number of nitrogens with zero attached hydrogens (tertiary/aromatic N) is 1. The summed E-state index contributed by atoms with van der Waals surface area (Å²) in [5, 5.41) is 9.18. The van der Waals surface area contributed by atoms with Gasteiger partial charge < -0.3 is 4.74 Å². The molecule has 0 aromatic carbocycles. The first-order chi connectivity index (χ1) is 7.48. The van der Waals surface area contributed by atoms with Crippen molar-refractivity contribution < 1.29 is 4.74 Å². The molecule has 0 bridgehead atoms. The van der Waals surface area contributed by atoms with E-state index in [0.717, 1.165) is 31.8 Å². The maximum atomic E-state index is 9.18. The molecule has 2 rings (SSSR count). The van der Waals surface area contributed by atoms with Crippen LogP contribution < -0.4 is 0 Å². The average molecular weight is 221 g/mol. The zero-order chi connectivity index (χ0) is 11.8. The number of rotatable bonds is 0. The Morgan fingerprint density at radius 3 is 2.31 bits per heavy atom. The van der Waals surface area contributed by atoms with Crippen molar-refractivity contribution in [3.05, 3.63) is 0 Å². The highest BCUT2D eigenvalue weighted by Crippen LogP contribution is 2.48. The Morgan fingerprint density at radius 1 is 1.19 bits per heavy atom. The number of nitriles is 1. The van der Waals surface area contributed by atoms with Gasteiger partial charge in [0.05, 0.1) is 17.6 Å². The maximum Gasteiger partial charge on any atom is 0.0841 e. The van der Waals surface area contributed by atoms with Crippen LogP contribution in [0.3, 0.4) is 0 Å². The fourth-order valence-corrected chi connectivity index (χ4v) is 3.39. The Hall–Kier alpha value is -0.550. The zero-order valence-electron chi connectivity index (χ0n) is 10.8. The largest absolute Gasteiger partial charge is 0.374 e. The first kappa shape index (κ1) is 11.9. The summed E-state index contributed by atoms with van der Waals surface area (Å²) in [5.41, 5.74) is 0.332. The number of ether oxygens (including phenoxy) is 1. The highest BCUT2D eigenvalue weighted by Gasteiger charge is 2.47. The van der Waals surface area contributed by atoms with Crippen LogP contribution in [0.1, 0.15) is 52.9 Å². The van der Waals surface area contributed by atoms with Crippen LogP contribution in [0, 0.1) is 28.6 Å². The molecule has 1 atom stereocenters. The van der Waals surface area contributed by atoms with Crippen molar-refractivity contribution in [1.82, 2.24) is 0 Å². The van der Waals surface area contributed by atoms with Crippen LogP contribution in [0.15, 0.2) is 0 Å². The van der Waals surface area contributed by atoms with Gasteiger partial charge in [0.25, 0.3) is 0 Å². The molecule has 0 N–H and O–H groups in total. The van der Waals surface area contributed by atoms with E-state index >= 15 is 0 Å². The van der Waals surface area contributed by atoms with Gasteiger partial charge in [0, 0.05) is 6.61 Å². The van der Waals surface area contributed by atoms with Crippen molar-refractivity contribution in [3.8, 4) is 6.07 Å². The van der Waals surface area contributed by atoms with Crippen LogP contribution in [-0.4, -0.2) is 12.2 Å². The van der Waals surface area contributed by atoms with Crippen LogP contribution in [0.2, 0.25) is 0 Å². The standard InChI is InChI=1S/C14H23NO/c1-13(2,3)11-4-7-14(8-5-11)12(10-15)6-9-16-14/h11-12H,4-9H2,1-3H3. The lowest BCUT2D eigenvalue weighted by Gasteiger charge is -2.42. The van der Waals surface area contributed by atoms with E-state index in [4.69, 9.17) is 4.74 Å². The third-order valence-corrected chi connectivity index (χ3v) is 4.64. The van der Waals surface area contributed by atoms with Crippen LogP contribution in [0.25, 0.3) is 0 Å². The minimum absolute atomic E-state index is 0.0729. The number of hydrogen-bond acceptors (Lipinski definition) is 2. The molecule has 2 aliphatic rings. The van der Waals surface area contributed by atoms with Crippen molar-refractivity contribution in [2.24, 2.45) is 17.3 Å². The lowest BCUT2D eigenvalue weighted by molar-refractivity contribution is -0.0594. The number of hydrogen-bond donors (Lipinski definition) is 0. The summed E-state index contributed by atoms with van der Waals surface area (Å²) in [4.78, 5) is 0. The third-order valence-electron chi connectivity index (χ3n) is 4.64. The monoisotopic (exact) mass is 221 g/mol. The highest BCUT2D eigenvalue weighted by molar-refractivity contribution is 5.05. The molecule has 2 heteroatoms. The molecule has 1 aliphatic heterocycles. The van der Waals surface area contributed by atoms with Crippen molar-refractivity contribution in [2.75, 3.05) is 6.61 Å². The van der Waals surface area contributed by atoms with Crippen molar-refractivity contribution in [2.45, 2.75) is 58.5 Å². The second-order valence-electron chi connectivity index (χ2n) is 6.52. The topological polar surface area (TPSA) is 33.0 Å². The van der Waals surface area contributed by atoms with Gasteiger partial charge in [-0.05, 0) is 43.4 Å². The van der Waals surface area contributed by atoms with E-state index in [1.807, 2.05) is 0 Å². The van der Waals surface area contributed by atoms with Crippen molar-refractivity contribution >= 4 is 0 Å². The minimum Gasteiger partial charge on any atom is -0.374 e. The molecule has 90 valence electrons. The molecule has 0 amide bonds. The van der Waals surface area contributed by atoms with E-state index in [0.29, 0.717) is 5.41 Å². The van der Waals surface area contributed by atoms with E-state index in [1.165, 1.54) is 12.8 Å². The molecule has 16 heavy (non-hydrogen) atoms. The second-order valence-corrected chi connectivity index (χ2v) is 6.52. The van der Waals surface area contributed by atoms with Crippen LogP contribution in [0.4, 0.5) is 0 Å². The molecule has 1 saturated heterocycles. The zero-order valence-corrected chi connectivity index (χ0v) is 10.8. The maximum absolute atomic E-state index is 9.18. The molecule has 2 fully saturated rings. The summed E-state index contributed by atoms with van der Waals surface area (Å²) in [6.45, 7) is 7.77. The molecule has 1 aliphatic carbocycles. The Kier molecular flexibility index (Phi) is 3.01. The Bertz CT molecular complexity index is 289. The van der Waals surface area contributed by atoms with E-state index in [2.05, 4.69) is 26.8 Å². The third kappa shape index (κ3) is 1.98. The molecule has 2 nitrogen and oxygen atoms in total. The Balaban J connectivity index is 2.02. The normalized spacial score (nSPS) is 39.9. The van der Waals surface area contributed by atoms with Gasteiger partial charge in [0.2, 0.25) is 0 Å². The highest BCUT2D eigenvalue weighted by atomic mass is 16.5. The summed E-state index contributed by atoms with van der Waals surface area (Å²) in [7, 11) is 0. The van der Waals surface area contributed by atoms with Crippen molar-refractivity contribution in [1.29, 1.82) is 5.26 Å². The van der Waals surface area contributed by atoms with Gasteiger partial charge >= 0.3 is 0 Å². The second kappa shape index (κ2) is 4.04. The molecule has 1 heterocycles. The molecule has 0 aromatic heterocycles. The van der Waals surface area contributed by atoms with E-state index in [9.17, 15) is 5.26 Å². The molecule has 1 unspecified atom stereocenters. The summed E-state index contributed by atoms with van der Waals surface area (Å²) in [6.07, 6.45) is 5.57. The van der Waals surface area contributed by atoms with Crippen LogP contribution in [0.5, 0.6) is 0 Å². The summed E-state index contributed by atoms with van der Waals surface area (Å²) < 4.78 is 5.92. The molecule has 1 saturated carbocycles. The summed E-state index contributed by atoms with van der Waals surface area (Å²) in [5.74, 6) is 0.940. The van der Waals surface area contributed by atoms with Gasteiger partial charge in [0.1, 0.15) is 0 Å². The molecule has 1 spiro atoms. The lowest BCUT2D eigenvalue weighted by atomic mass is 9.66. The fourth-order valence-electron chi connectivity index (χ4n) is 3.39. The Labute approximate surface area is 99.0 Å². The van der Waals surface area contributed by atoms with Crippen LogP contribution >= 0.6 is 0 Å². The predicted octanol–water partition coefficient (Wildman–Crippen LogP) is 3.52. The van der Waals surface area contributed by atoms with Gasteiger partial charge in [-0.1, -0.05) is 20.8 Å². The van der Waals surface area contributed by atoms with E-state index in [-0.39, 0.29) is 11.5 Å². The van der Waals surface area contributed by atoms with Gasteiger partial charge in [-0.3, -0.25) is 0 Å². The van der Waals surface area contributed by atoms with Gasteiger partial charge in [-0.25, -0.2) is 0 Å². The fraction of sp³-hybridized carbons (Fsp3) is 0.929. The lowest BCUT2D eigenvalue weighted by Crippen LogP contribution is -2.41. The SMILES string of the molecule is CC(C)(C)C1CCC2(CC1)OCCC2C#N. The first-order valence-electron chi connectivity index (χ1n) is 6.51. The van der Waals surface area contributed by atoms with Gasteiger partial charge in [-0.2, -0.15) is 5.26 Å².